The molecular weight excluding hydrogens is 246 g/mol. The molecule has 0 amide bonds. The van der Waals surface area contributed by atoms with E-state index in [2.05, 4.69) is 24.0 Å². The van der Waals surface area contributed by atoms with Crippen LogP contribution >= 0.6 is 0 Å². The summed E-state index contributed by atoms with van der Waals surface area (Å²) < 4.78 is 0. The van der Waals surface area contributed by atoms with Gasteiger partial charge < -0.3 is 0 Å². The molecule has 2 nitrogen and oxygen atoms in total. The zero-order chi connectivity index (χ0) is 14.3. The number of ketones is 1. The van der Waals surface area contributed by atoms with Crippen LogP contribution in [0.3, 0.4) is 0 Å². The van der Waals surface area contributed by atoms with E-state index >= 15 is 0 Å². The summed E-state index contributed by atoms with van der Waals surface area (Å²) in [6, 6.07) is 10.3. The van der Waals surface area contributed by atoms with Gasteiger partial charge >= 0.3 is 0 Å². The van der Waals surface area contributed by atoms with Crippen molar-refractivity contribution in [3.8, 4) is 11.1 Å². The summed E-state index contributed by atoms with van der Waals surface area (Å²) in [5.41, 5.74) is 5.70. The molecule has 0 radical (unpaired) electrons. The summed E-state index contributed by atoms with van der Waals surface area (Å²) in [7, 11) is 0. The van der Waals surface area contributed by atoms with Crippen LogP contribution in [0.5, 0.6) is 0 Å². The maximum Gasteiger partial charge on any atom is 0.161 e. The van der Waals surface area contributed by atoms with Crippen molar-refractivity contribution in [3.05, 3.63) is 52.2 Å². The van der Waals surface area contributed by atoms with Gasteiger partial charge in [-0.05, 0) is 37.5 Å². The Kier molecular flexibility index (Phi) is 3.01. The molecule has 1 aliphatic rings. The van der Waals surface area contributed by atoms with E-state index < -0.39 is 0 Å². The van der Waals surface area contributed by atoms with E-state index in [0.29, 0.717) is 6.42 Å². The highest BCUT2D eigenvalue weighted by Crippen LogP contribution is 2.21. The summed E-state index contributed by atoms with van der Waals surface area (Å²) in [6.45, 7) is 6.14. The van der Waals surface area contributed by atoms with Crippen LogP contribution < -0.4 is 10.6 Å². The maximum absolute atomic E-state index is 11.8. The molecule has 1 aromatic heterocycles. The molecule has 2 aromatic rings. The standard InChI is InChI=1S/C18H17NO/c1-11-9-15(20)10-16-17(11)18(12(2)13(3)19-16)14-7-5-4-6-8-14/h4-8,10H,9H2,1-3H3. The van der Waals surface area contributed by atoms with Crippen molar-refractivity contribution in [3.63, 3.8) is 0 Å². The van der Waals surface area contributed by atoms with Crippen LogP contribution in [0, 0.1) is 13.8 Å². The lowest BCUT2D eigenvalue weighted by molar-refractivity contribution is -0.112. The smallest absolute Gasteiger partial charge is 0.161 e. The van der Waals surface area contributed by atoms with Crippen LogP contribution in [0.1, 0.15) is 24.6 Å². The molecule has 0 fully saturated rings. The number of carbonyl (C=O) groups excluding carboxylic acids is 1. The van der Waals surface area contributed by atoms with Gasteiger partial charge in [-0.2, -0.15) is 0 Å². The Balaban J connectivity index is 2.51. The van der Waals surface area contributed by atoms with Gasteiger partial charge in [0.05, 0.1) is 5.35 Å². The molecule has 100 valence electrons. The molecule has 0 saturated carbocycles. The number of aromatic nitrogens is 1. The van der Waals surface area contributed by atoms with E-state index in [9.17, 15) is 4.79 Å². The molecule has 1 aliphatic carbocycles. The largest absolute Gasteiger partial charge is 0.294 e. The molecular formula is C18H17NO. The molecule has 0 spiro atoms. The van der Waals surface area contributed by atoms with Crippen LogP contribution in [-0.2, 0) is 4.79 Å². The number of pyridine rings is 1. The monoisotopic (exact) mass is 263 g/mol. The number of Topliss-reactive ketones (excluding diaryl/α,β-unsaturated/α-hetero) is 1. The van der Waals surface area contributed by atoms with Crippen LogP contribution in [0.15, 0.2) is 30.3 Å². The highest BCUT2D eigenvalue weighted by atomic mass is 16.1. The molecule has 0 unspecified atom stereocenters. The minimum absolute atomic E-state index is 0.143. The van der Waals surface area contributed by atoms with Crippen LogP contribution in [0.25, 0.3) is 22.8 Å². The third-order valence-corrected chi connectivity index (χ3v) is 3.94. The predicted octanol–water partition coefficient (Wildman–Crippen LogP) is 2.29. The van der Waals surface area contributed by atoms with Crippen molar-refractivity contribution in [1.82, 2.24) is 4.98 Å². The van der Waals surface area contributed by atoms with Crippen LogP contribution in [0.4, 0.5) is 0 Å². The average molecular weight is 263 g/mol. The SMILES string of the molecule is CC1=c2c(-c3ccccc3)c(C)c(C)nc2=CC(=O)C1. The topological polar surface area (TPSA) is 30.0 Å². The number of hydrogen-bond acceptors (Lipinski definition) is 2. The van der Waals surface area contributed by atoms with Gasteiger partial charge in [-0.15, -0.1) is 0 Å². The van der Waals surface area contributed by atoms with Crippen LogP contribution in [-0.4, -0.2) is 10.8 Å². The summed E-state index contributed by atoms with van der Waals surface area (Å²) in [4.78, 5) is 16.4. The summed E-state index contributed by atoms with van der Waals surface area (Å²) in [5.74, 6) is 0.143. The number of hydrogen-bond donors (Lipinski definition) is 0. The second-order valence-corrected chi connectivity index (χ2v) is 5.39. The van der Waals surface area contributed by atoms with Gasteiger partial charge in [0.1, 0.15) is 0 Å². The second kappa shape index (κ2) is 4.71. The fourth-order valence-electron chi connectivity index (χ4n) is 2.87. The van der Waals surface area contributed by atoms with Gasteiger partial charge in [0, 0.05) is 23.4 Å². The minimum atomic E-state index is 0.143. The fourth-order valence-corrected chi connectivity index (χ4v) is 2.87. The molecule has 3 rings (SSSR count). The Morgan fingerprint density at radius 3 is 2.45 bits per heavy atom. The highest BCUT2D eigenvalue weighted by molar-refractivity contribution is 6.10. The summed E-state index contributed by atoms with van der Waals surface area (Å²) >= 11 is 0. The first kappa shape index (κ1) is 12.8. The van der Waals surface area contributed by atoms with E-state index in [0.717, 1.165) is 21.8 Å². The van der Waals surface area contributed by atoms with Crippen molar-refractivity contribution in [2.24, 2.45) is 0 Å². The van der Waals surface area contributed by atoms with E-state index in [1.165, 1.54) is 16.7 Å². The summed E-state index contributed by atoms with van der Waals surface area (Å²) in [5, 5.41) is 1.96. The van der Waals surface area contributed by atoms with Crippen molar-refractivity contribution < 1.29 is 4.79 Å². The molecule has 1 aromatic carbocycles. The quantitative estimate of drug-likeness (QED) is 0.790. The van der Waals surface area contributed by atoms with Crippen molar-refractivity contribution in [2.75, 3.05) is 0 Å². The number of fused-ring (bicyclic) bond motifs is 1. The maximum atomic E-state index is 11.8. The predicted molar refractivity (Wildman–Crippen MR) is 81.6 cm³/mol. The minimum Gasteiger partial charge on any atom is -0.294 e. The van der Waals surface area contributed by atoms with Gasteiger partial charge in [-0.3, -0.25) is 9.78 Å². The lowest BCUT2D eigenvalue weighted by Gasteiger charge is -2.15. The normalized spacial score (nSPS) is 13.9. The summed E-state index contributed by atoms with van der Waals surface area (Å²) in [6.07, 6.45) is 2.18. The van der Waals surface area contributed by atoms with Crippen molar-refractivity contribution in [2.45, 2.75) is 27.2 Å². The van der Waals surface area contributed by atoms with E-state index in [1.54, 1.807) is 6.08 Å². The number of nitrogens with zero attached hydrogens (tertiary/aromatic N) is 1. The molecule has 0 aliphatic heterocycles. The van der Waals surface area contributed by atoms with Crippen molar-refractivity contribution in [1.29, 1.82) is 0 Å². The fraction of sp³-hybridized carbons (Fsp3) is 0.222. The van der Waals surface area contributed by atoms with Crippen molar-refractivity contribution >= 4 is 17.4 Å². The number of carbonyl (C=O) groups is 1. The van der Waals surface area contributed by atoms with Gasteiger partial charge in [-0.25, -0.2) is 0 Å². The average Bonchev–Trinajstić information content (AvgIpc) is 2.42. The Labute approximate surface area is 118 Å². The molecule has 0 bridgehead atoms. The molecule has 0 N–H and O–H groups in total. The third kappa shape index (κ3) is 1.97. The van der Waals surface area contributed by atoms with E-state index in [-0.39, 0.29) is 5.78 Å². The van der Waals surface area contributed by atoms with Gasteiger partial charge in [0.2, 0.25) is 0 Å². The van der Waals surface area contributed by atoms with Gasteiger partial charge in [0.25, 0.3) is 0 Å². The molecule has 0 saturated heterocycles. The Morgan fingerprint density at radius 2 is 1.75 bits per heavy atom. The zero-order valence-corrected chi connectivity index (χ0v) is 12.0. The molecule has 20 heavy (non-hydrogen) atoms. The van der Waals surface area contributed by atoms with Gasteiger partial charge in [0.15, 0.2) is 5.78 Å². The first-order chi connectivity index (χ1) is 9.58. The van der Waals surface area contributed by atoms with Gasteiger partial charge in [-0.1, -0.05) is 35.9 Å². The second-order valence-electron chi connectivity index (χ2n) is 5.39. The first-order valence-corrected chi connectivity index (χ1v) is 6.85. The Bertz CT molecular complexity index is 817. The van der Waals surface area contributed by atoms with E-state index in [4.69, 9.17) is 0 Å². The molecule has 2 heteroatoms. The lowest BCUT2D eigenvalue weighted by Crippen LogP contribution is -2.37. The molecule has 0 atom stereocenters. The third-order valence-electron chi connectivity index (χ3n) is 3.94. The molecule has 1 heterocycles. The number of benzene rings is 1. The first-order valence-electron chi connectivity index (χ1n) is 6.85. The van der Waals surface area contributed by atoms with E-state index in [1.807, 2.05) is 32.0 Å². The highest BCUT2D eigenvalue weighted by Gasteiger charge is 2.15. The Hall–Kier alpha value is -2.22. The number of rotatable bonds is 1. The Morgan fingerprint density at radius 1 is 1.05 bits per heavy atom. The number of aryl methyl sites for hydroxylation is 1. The van der Waals surface area contributed by atoms with Crippen LogP contribution in [0.2, 0.25) is 0 Å². The zero-order valence-electron chi connectivity index (χ0n) is 12.0. The lowest BCUT2D eigenvalue weighted by atomic mass is 9.92.